The summed E-state index contributed by atoms with van der Waals surface area (Å²) in [6.07, 6.45) is 0. The van der Waals surface area contributed by atoms with E-state index in [1.807, 2.05) is 54.6 Å². The summed E-state index contributed by atoms with van der Waals surface area (Å²) in [5.74, 6) is -2.39. The van der Waals surface area contributed by atoms with Gasteiger partial charge in [0.2, 0.25) is 5.78 Å². The molecule has 4 aromatic rings. The number of esters is 1. The maximum absolute atomic E-state index is 14.2. The number of aryl methyl sites for hydroxylation is 1. The first-order valence-electron chi connectivity index (χ1n) is 13.1. The number of anilines is 1. The molecule has 2 heterocycles. The van der Waals surface area contributed by atoms with Gasteiger partial charge in [-0.1, -0.05) is 81.4 Å². The van der Waals surface area contributed by atoms with E-state index >= 15 is 0 Å². The number of thiazole rings is 1. The summed E-state index contributed by atoms with van der Waals surface area (Å²) in [4.78, 5) is 46.4. The van der Waals surface area contributed by atoms with Gasteiger partial charge < -0.3 is 9.84 Å². The van der Waals surface area contributed by atoms with Crippen LogP contribution >= 0.6 is 11.3 Å². The van der Waals surface area contributed by atoms with Crippen LogP contribution in [0.4, 0.5) is 5.69 Å². The zero-order valence-corrected chi connectivity index (χ0v) is 24.3. The maximum atomic E-state index is 14.2. The molecule has 0 saturated carbocycles. The number of carbonyl (C=O) groups is 3. The third-order valence-electron chi connectivity index (χ3n) is 7.11. The number of ether oxygens (including phenoxy) is 1. The van der Waals surface area contributed by atoms with Crippen molar-refractivity contribution in [1.82, 2.24) is 4.98 Å². The maximum Gasteiger partial charge on any atom is 0.337 e. The third-order valence-corrected chi connectivity index (χ3v) is 8.32. The number of aliphatic hydroxyl groups is 1. The van der Waals surface area contributed by atoms with Crippen molar-refractivity contribution < 1.29 is 24.2 Å². The van der Waals surface area contributed by atoms with E-state index in [9.17, 15) is 19.5 Å². The second-order valence-electron chi connectivity index (χ2n) is 10.9. The molecule has 0 fully saturated rings. The molecular formula is C33H30N2O5S. The first kappa shape index (κ1) is 28.0. The molecule has 0 spiro atoms. The van der Waals surface area contributed by atoms with E-state index in [0.29, 0.717) is 26.8 Å². The summed E-state index contributed by atoms with van der Waals surface area (Å²) >= 11 is 1.22. The molecule has 1 amide bonds. The van der Waals surface area contributed by atoms with Gasteiger partial charge in [-0.25, -0.2) is 9.78 Å². The predicted molar refractivity (Wildman–Crippen MR) is 159 cm³/mol. The molecule has 1 N–H and O–H groups in total. The Kier molecular flexibility index (Phi) is 7.36. The van der Waals surface area contributed by atoms with Gasteiger partial charge in [-0.2, -0.15) is 0 Å². The number of carbonyl (C=O) groups excluding carboxylic acids is 3. The van der Waals surface area contributed by atoms with Crippen LogP contribution < -0.4 is 4.90 Å². The molecule has 1 atom stereocenters. The summed E-state index contributed by atoms with van der Waals surface area (Å²) in [5, 5.41) is 11.9. The van der Waals surface area contributed by atoms with Crippen molar-refractivity contribution in [3.05, 3.63) is 117 Å². The SMILES string of the molecule is COC(=O)c1cccc(N2C(=O)C(O)=C(C(=O)c3sc(-c4ccccc4)nc3C)C2c2ccc(C(C)(C)C)cc2)c1. The Bertz CT molecular complexity index is 1680. The van der Waals surface area contributed by atoms with Crippen molar-refractivity contribution in [2.24, 2.45) is 0 Å². The first-order valence-corrected chi connectivity index (χ1v) is 14.0. The number of amides is 1. The molecule has 8 heteroatoms. The van der Waals surface area contributed by atoms with Gasteiger partial charge in [0, 0.05) is 11.3 Å². The van der Waals surface area contributed by atoms with Crippen LogP contribution in [-0.2, 0) is 14.9 Å². The predicted octanol–water partition coefficient (Wildman–Crippen LogP) is 6.99. The minimum atomic E-state index is -0.932. The van der Waals surface area contributed by atoms with Crippen molar-refractivity contribution in [2.75, 3.05) is 12.0 Å². The summed E-state index contributed by atoms with van der Waals surface area (Å²) in [5.41, 5.74) is 3.56. The molecule has 0 saturated heterocycles. The number of hydrogen-bond acceptors (Lipinski definition) is 7. The lowest BCUT2D eigenvalue weighted by Gasteiger charge is -2.28. The van der Waals surface area contributed by atoms with Crippen LogP contribution in [0.2, 0.25) is 0 Å². The van der Waals surface area contributed by atoms with Crippen LogP contribution in [0.3, 0.4) is 0 Å². The van der Waals surface area contributed by atoms with Crippen LogP contribution in [-0.4, -0.2) is 34.9 Å². The van der Waals surface area contributed by atoms with Crippen LogP contribution in [0.15, 0.2) is 90.2 Å². The smallest absolute Gasteiger partial charge is 0.337 e. The molecule has 3 aromatic carbocycles. The molecule has 7 nitrogen and oxygen atoms in total. The van der Waals surface area contributed by atoms with Gasteiger partial charge in [-0.3, -0.25) is 14.5 Å². The molecule has 0 aliphatic carbocycles. The molecule has 0 radical (unpaired) electrons. The minimum Gasteiger partial charge on any atom is -0.503 e. The zero-order valence-electron chi connectivity index (χ0n) is 23.5. The van der Waals surface area contributed by atoms with Crippen LogP contribution in [0.25, 0.3) is 10.6 Å². The number of hydrogen-bond donors (Lipinski definition) is 1. The van der Waals surface area contributed by atoms with E-state index in [2.05, 4.69) is 25.8 Å². The average Bonchev–Trinajstić information content (AvgIpc) is 3.49. The largest absolute Gasteiger partial charge is 0.503 e. The highest BCUT2D eigenvalue weighted by atomic mass is 32.1. The Morgan fingerprint density at radius 2 is 1.66 bits per heavy atom. The fourth-order valence-electron chi connectivity index (χ4n) is 4.92. The van der Waals surface area contributed by atoms with Crippen molar-refractivity contribution >= 4 is 34.7 Å². The molecule has 5 rings (SSSR count). The third kappa shape index (κ3) is 5.18. The van der Waals surface area contributed by atoms with E-state index in [0.717, 1.165) is 11.1 Å². The standard InChI is InChI=1S/C33H30N2O5S/c1-19-29(41-30(34-19)21-10-7-6-8-11-21)27(36)25-26(20-14-16-23(17-15-20)33(2,3)4)35(31(38)28(25)37)24-13-9-12-22(18-24)32(39)40-5/h6-18,26,37H,1-5H3. The number of aliphatic hydroxyl groups excluding tert-OH is 1. The first-order chi connectivity index (χ1) is 19.5. The lowest BCUT2D eigenvalue weighted by Crippen LogP contribution is -2.31. The highest BCUT2D eigenvalue weighted by Gasteiger charge is 2.45. The van der Waals surface area contributed by atoms with Crippen LogP contribution in [0.1, 0.15) is 63.7 Å². The van der Waals surface area contributed by atoms with Gasteiger partial charge in [-0.05, 0) is 41.7 Å². The molecule has 0 bridgehead atoms. The number of methoxy groups -OCH3 is 1. The molecule has 1 aliphatic heterocycles. The minimum absolute atomic E-state index is 0.0339. The van der Waals surface area contributed by atoms with Gasteiger partial charge in [0.15, 0.2) is 5.76 Å². The average molecular weight is 567 g/mol. The quantitative estimate of drug-likeness (QED) is 0.200. The van der Waals surface area contributed by atoms with E-state index < -0.39 is 29.5 Å². The lowest BCUT2D eigenvalue weighted by molar-refractivity contribution is -0.117. The number of aromatic nitrogens is 1. The Morgan fingerprint density at radius 3 is 2.29 bits per heavy atom. The van der Waals surface area contributed by atoms with Crippen molar-refractivity contribution in [2.45, 2.75) is 39.2 Å². The Hall–Kier alpha value is -4.56. The van der Waals surface area contributed by atoms with Gasteiger partial charge >= 0.3 is 5.97 Å². The van der Waals surface area contributed by atoms with Crippen molar-refractivity contribution in [3.8, 4) is 10.6 Å². The number of rotatable bonds is 6. The Labute approximate surface area is 242 Å². The van der Waals surface area contributed by atoms with Crippen LogP contribution in [0, 0.1) is 6.92 Å². The Morgan fingerprint density at radius 1 is 0.976 bits per heavy atom. The molecular weight excluding hydrogens is 536 g/mol. The van der Waals surface area contributed by atoms with Gasteiger partial charge in [0.1, 0.15) is 5.01 Å². The monoisotopic (exact) mass is 566 g/mol. The number of ketones is 1. The van der Waals surface area contributed by atoms with E-state index in [-0.39, 0.29) is 16.6 Å². The Balaban J connectivity index is 1.64. The second-order valence-corrected chi connectivity index (χ2v) is 11.9. The number of benzene rings is 3. The molecule has 1 aromatic heterocycles. The normalized spacial score (nSPS) is 15.4. The number of nitrogens with zero attached hydrogens (tertiary/aromatic N) is 2. The summed E-state index contributed by atoms with van der Waals surface area (Å²) in [6, 6.07) is 22.7. The number of Topliss-reactive ketones (excluding diaryl/α,β-unsaturated/α-hetero) is 1. The van der Waals surface area contributed by atoms with Crippen molar-refractivity contribution in [1.29, 1.82) is 0 Å². The van der Waals surface area contributed by atoms with Gasteiger partial charge in [0.25, 0.3) is 5.91 Å². The van der Waals surface area contributed by atoms with E-state index in [1.165, 1.54) is 29.4 Å². The molecule has 208 valence electrons. The molecule has 1 unspecified atom stereocenters. The second kappa shape index (κ2) is 10.8. The lowest BCUT2D eigenvalue weighted by atomic mass is 9.85. The zero-order chi connectivity index (χ0) is 29.5. The summed E-state index contributed by atoms with van der Waals surface area (Å²) in [7, 11) is 1.28. The highest BCUT2D eigenvalue weighted by molar-refractivity contribution is 7.17. The molecule has 41 heavy (non-hydrogen) atoms. The van der Waals surface area contributed by atoms with Gasteiger partial charge in [0.05, 0.1) is 34.9 Å². The summed E-state index contributed by atoms with van der Waals surface area (Å²) < 4.78 is 4.87. The van der Waals surface area contributed by atoms with E-state index in [4.69, 9.17) is 4.74 Å². The van der Waals surface area contributed by atoms with Crippen molar-refractivity contribution in [3.63, 3.8) is 0 Å². The summed E-state index contributed by atoms with van der Waals surface area (Å²) in [6.45, 7) is 8.05. The van der Waals surface area contributed by atoms with E-state index in [1.54, 1.807) is 25.1 Å². The molecule has 1 aliphatic rings. The fourth-order valence-corrected chi connectivity index (χ4v) is 5.94. The fraction of sp³-hybridized carbons (Fsp3) is 0.212. The highest BCUT2D eigenvalue weighted by Crippen LogP contribution is 2.44. The van der Waals surface area contributed by atoms with Gasteiger partial charge in [-0.15, -0.1) is 11.3 Å². The van der Waals surface area contributed by atoms with Crippen LogP contribution in [0.5, 0.6) is 0 Å². The topological polar surface area (TPSA) is 96.8 Å².